The minimum Gasteiger partial charge on any atom is -0.494 e. The quantitative estimate of drug-likeness (QED) is 0.731. The molecule has 0 aliphatic carbocycles. The SMILES string of the molecule is CCOc1ccc(OCC(=O)O[C@H](C)C(=O)Nc2cccc(F)c2)cc1. The highest BCUT2D eigenvalue weighted by Gasteiger charge is 2.18. The van der Waals surface area contributed by atoms with Crippen LogP contribution in [0.15, 0.2) is 48.5 Å². The highest BCUT2D eigenvalue weighted by atomic mass is 19.1. The summed E-state index contributed by atoms with van der Waals surface area (Å²) in [5.41, 5.74) is 0.281. The molecule has 0 bridgehead atoms. The average Bonchev–Trinajstić information content (AvgIpc) is 2.61. The van der Waals surface area contributed by atoms with Crippen molar-refractivity contribution < 1.29 is 28.2 Å². The molecular weight excluding hydrogens is 341 g/mol. The number of hydrogen-bond donors (Lipinski definition) is 1. The van der Waals surface area contributed by atoms with Crippen LogP contribution >= 0.6 is 0 Å². The Balaban J connectivity index is 1.78. The van der Waals surface area contributed by atoms with Crippen molar-refractivity contribution in [1.82, 2.24) is 0 Å². The Kier molecular flexibility index (Phi) is 6.96. The summed E-state index contributed by atoms with van der Waals surface area (Å²) < 4.78 is 28.7. The number of amides is 1. The fourth-order valence-corrected chi connectivity index (χ4v) is 2.04. The first kappa shape index (κ1) is 19.2. The van der Waals surface area contributed by atoms with E-state index in [-0.39, 0.29) is 12.3 Å². The van der Waals surface area contributed by atoms with E-state index < -0.39 is 23.8 Å². The van der Waals surface area contributed by atoms with E-state index in [0.717, 1.165) is 0 Å². The molecule has 0 aromatic heterocycles. The van der Waals surface area contributed by atoms with E-state index in [2.05, 4.69) is 5.32 Å². The maximum Gasteiger partial charge on any atom is 0.344 e. The minimum absolute atomic E-state index is 0.281. The van der Waals surface area contributed by atoms with Gasteiger partial charge in [-0.1, -0.05) is 6.07 Å². The fourth-order valence-electron chi connectivity index (χ4n) is 2.04. The minimum atomic E-state index is -1.05. The van der Waals surface area contributed by atoms with Crippen molar-refractivity contribution in [1.29, 1.82) is 0 Å². The molecule has 0 unspecified atom stereocenters. The first-order valence-corrected chi connectivity index (χ1v) is 8.09. The number of benzene rings is 2. The molecule has 1 amide bonds. The topological polar surface area (TPSA) is 73.9 Å². The van der Waals surface area contributed by atoms with Gasteiger partial charge in [0.15, 0.2) is 12.7 Å². The highest BCUT2D eigenvalue weighted by molar-refractivity contribution is 5.95. The molecule has 1 atom stereocenters. The third kappa shape index (κ3) is 6.08. The van der Waals surface area contributed by atoms with E-state index in [1.54, 1.807) is 24.3 Å². The number of hydrogen-bond acceptors (Lipinski definition) is 5. The Morgan fingerprint density at radius 1 is 1.08 bits per heavy atom. The van der Waals surface area contributed by atoms with E-state index >= 15 is 0 Å². The van der Waals surface area contributed by atoms with Crippen molar-refractivity contribution in [2.24, 2.45) is 0 Å². The molecule has 26 heavy (non-hydrogen) atoms. The Hall–Kier alpha value is -3.09. The van der Waals surface area contributed by atoms with Gasteiger partial charge in [-0.25, -0.2) is 9.18 Å². The third-order valence-corrected chi connectivity index (χ3v) is 3.26. The molecule has 138 valence electrons. The van der Waals surface area contributed by atoms with Crippen molar-refractivity contribution in [3.8, 4) is 11.5 Å². The van der Waals surface area contributed by atoms with Crippen LogP contribution in [-0.2, 0) is 14.3 Å². The molecule has 0 heterocycles. The summed E-state index contributed by atoms with van der Waals surface area (Å²) in [5, 5.41) is 2.47. The van der Waals surface area contributed by atoms with Gasteiger partial charge < -0.3 is 19.5 Å². The lowest BCUT2D eigenvalue weighted by Crippen LogP contribution is -2.31. The molecule has 7 heteroatoms. The normalized spacial score (nSPS) is 11.3. The maximum atomic E-state index is 13.1. The summed E-state index contributed by atoms with van der Waals surface area (Å²) in [6.07, 6.45) is -1.05. The largest absolute Gasteiger partial charge is 0.494 e. The third-order valence-electron chi connectivity index (χ3n) is 3.26. The number of halogens is 1. The smallest absolute Gasteiger partial charge is 0.344 e. The predicted octanol–water partition coefficient (Wildman–Crippen LogP) is 3.17. The van der Waals surface area contributed by atoms with Crippen molar-refractivity contribution in [2.75, 3.05) is 18.5 Å². The van der Waals surface area contributed by atoms with Gasteiger partial charge in [0.2, 0.25) is 0 Å². The summed E-state index contributed by atoms with van der Waals surface area (Å²) in [5.74, 6) is -0.561. The van der Waals surface area contributed by atoms with Gasteiger partial charge in [0.05, 0.1) is 6.61 Å². The van der Waals surface area contributed by atoms with Crippen LogP contribution in [0.4, 0.5) is 10.1 Å². The molecule has 0 fully saturated rings. The van der Waals surface area contributed by atoms with Gasteiger partial charge in [-0.15, -0.1) is 0 Å². The molecule has 0 saturated carbocycles. The Morgan fingerprint density at radius 2 is 1.73 bits per heavy atom. The molecule has 0 aliphatic rings. The van der Waals surface area contributed by atoms with Gasteiger partial charge in [-0.3, -0.25) is 4.79 Å². The molecule has 6 nitrogen and oxygen atoms in total. The number of anilines is 1. The number of rotatable bonds is 8. The first-order chi connectivity index (χ1) is 12.5. The van der Waals surface area contributed by atoms with Gasteiger partial charge in [0.1, 0.15) is 17.3 Å². The van der Waals surface area contributed by atoms with E-state index in [1.165, 1.54) is 31.2 Å². The molecule has 2 aromatic carbocycles. The van der Waals surface area contributed by atoms with Crippen molar-refractivity contribution in [3.05, 3.63) is 54.3 Å². The van der Waals surface area contributed by atoms with Gasteiger partial charge in [-0.2, -0.15) is 0 Å². The lowest BCUT2D eigenvalue weighted by atomic mass is 10.3. The van der Waals surface area contributed by atoms with E-state index in [0.29, 0.717) is 18.1 Å². The molecule has 0 aliphatic heterocycles. The molecule has 1 N–H and O–H groups in total. The number of carbonyl (C=O) groups is 2. The van der Waals surface area contributed by atoms with Crippen molar-refractivity contribution in [3.63, 3.8) is 0 Å². The fraction of sp³-hybridized carbons (Fsp3) is 0.263. The van der Waals surface area contributed by atoms with Crippen LogP contribution in [0.25, 0.3) is 0 Å². The lowest BCUT2D eigenvalue weighted by Gasteiger charge is -2.14. The van der Waals surface area contributed by atoms with Crippen LogP contribution in [0.2, 0.25) is 0 Å². The van der Waals surface area contributed by atoms with Crippen LogP contribution in [0.3, 0.4) is 0 Å². The van der Waals surface area contributed by atoms with Crippen LogP contribution < -0.4 is 14.8 Å². The van der Waals surface area contributed by atoms with Gasteiger partial charge >= 0.3 is 5.97 Å². The highest BCUT2D eigenvalue weighted by Crippen LogP contribution is 2.17. The van der Waals surface area contributed by atoms with E-state index in [9.17, 15) is 14.0 Å². The number of esters is 1. The number of ether oxygens (including phenoxy) is 3. The Morgan fingerprint density at radius 3 is 2.35 bits per heavy atom. The summed E-state index contributed by atoms with van der Waals surface area (Å²) in [7, 11) is 0. The Bertz CT molecular complexity index is 748. The Labute approximate surface area is 150 Å². The monoisotopic (exact) mass is 361 g/mol. The summed E-state index contributed by atoms with van der Waals surface area (Å²) >= 11 is 0. The van der Waals surface area contributed by atoms with Gasteiger partial charge in [0, 0.05) is 5.69 Å². The van der Waals surface area contributed by atoms with Crippen LogP contribution in [0.1, 0.15) is 13.8 Å². The standard InChI is InChI=1S/C19H20FNO5/c1-3-24-16-7-9-17(10-8-16)25-12-18(22)26-13(2)19(23)21-15-6-4-5-14(20)11-15/h4-11,13H,3,12H2,1-2H3,(H,21,23)/t13-/m1/s1. The van der Waals surface area contributed by atoms with Crippen molar-refractivity contribution in [2.45, 2.75) is 20.0 Å². The summed E-state index contributed by atoms with van der Waals surface area (Å²) in [6.45, 7) is 3.52. The molecule has 0 radical (unpaired) electrons. The zero-order valence-corrected chi connectivity index (χ0v) is 14.5. The summed E-state index contributed by atoms with van der Waals surface area (Å²) in [6, 6.07) is 12.2. The molecule has 2 aromatic rings. The second kappa shape index (κ2) is 9.41. The molecule has 0 spiro atoms. The number of carbonyl (C=O) groups excluding carboxylic acids is 2. The lowest BCUT2D eigenvalue weighted by molar-refractivity contribution is -0.155. The number of nitrogens with one attached hydrogen (secondary N) is 1. The first-order valence-electron chi connectivity index (χ1n) is 8.09. The second-order valence-corrected chi connectivity index (χ2v) is 5.32. The zero-order valence-electron chi connectivity index (χ0n) is 14.5. The van der Waals surface area contributed by atoms with Crippen molar-refractivity contribution >= 4 is 17.6 Å². The summed E-state index contributed by atoms with van der Waals surface area (Å²) in [4.78, 5) is 23.8. The molecular formula is C19H20FNO5. The van der Waals surface area contributed by atoms with E-state index in [4.69, 9.17) is 14.2 Å². The average molecular weight is 361 g/mol. The second-order valence-electron chi connectivity index (χ2n) is 5.32. The molecule has 0 saturated heterocycles. The molecule has 2 rings (SSSR count). The predicted molar refractivity (Wildman–Crippen MR) is 93.7 cm³/mol. The zero-order chi connectivity index (χ0) is 18.9. The van der Waals surface area contributed by atoms with Gasteiger partial charge in [0.25, 0.3) is 5.91 Å². The maximum absolute atomic E-state index is 13.1. The van der Waals surface area contributed by atoms with Crippen LogP contribution in [0.5, 0.6) is 11.5 Å². The van der Waals surface area contributed by atoms with Gasteiger partial charge in [-0.05, 0) is 56.3 Å². The van der Waals surface area contributed by atoms with Crippen LogP contribution in [0, 0.1) is 5.82 Å². The van der Waals surface area contributed by atoms with Crippen LogP contribution in [-0.4, -0.2) is 31.2 Å². The van der Waals surface area contributed by atoms with E-state index in [1.807, 2.05) is 6.92 Å².